The molecule has 1 aromatic carbocycles. The molecule has 162 valence electrons. The molecular weight excluding hydrogens is 440 g/mol. The van der Waals surface area contributed by atoms with Crippen molar-refractivity contribution >= 4 is 27.5 Å². The van der Waals surface area contributed by atoms with Gasteiger partial charge in [0.15, 0.2) is 5.82 Å². The molecule has 0 bridgehead atoms. The Hall–Kier alpha value is -2.91. The minimum Gasteiger partial charge on any atom is -0.476 e. The Balaban J connectivity index is 1.48. The first-order valence-corrected chi connectivity index (χ1v) is 11.5. The lowest BCUT2D eigenvalue weighted by Crippen LogP contribution is -2.31. The van der Waals surface area contributed by atoms with Crippen LogP contribution >= 0.6 is 11.6 Å². The second-order valence-electron chi connectivity index (χ2n) is 7.96. The number of halogens is 1. The third kappa shape index (κ3) is 4.88. The molecule has 1 amide bonds. The van der Waals surface area contributed by atoms with Gasteiger partial charge < -0.3 is 4.74 Å². The topological polar surface area (TPSA) is 103 Å². The van der Waals surface area contributed by atoms with Gasteiger partial charge in [-0.05, 0) is 49.6 Å². The second-order valence-corrected chi connectivity index (χ2v) is 10.00. The third-order valence-corrected chi connectivity index (χ3v) is 6.69. The Kier molecular flexibility index (Phi) is 5.49. The van der Waals surface area contributed by atoms with Crippen molar-refractivity contribution in [2.24, 2.45) is 5.41 Å². The summed E-state index contributed by atoms with van der Waals surface area (Å²) in [7, 11) is -4.04. The number of amides is 1. The maximum atomic E-state index is 12.5. The van der Waals surface area contributed by atoms with E-state index in [2.05, 4.69) is 17.0 Å². The highest BCUT2D eigenvalue weighted by Crippen LogP contribution is 2.44. The predicted octanol–water partition coefficient (Wildman–Crippen LogP) is 3.53. The van der Waals surface area contributed by atoms with Gasteiger partial charge in [0.25, 0.3) is 15.9 Å². The molecule has 0 unspecified atom stereocenters. The lowest BCUT2D eigenvalue weighted by Gasteiger charge is -2.09. The predicted molar refractivity (Wildman–Crippen MR) is 115 cm³/mol. The molecule has 31 heavy (non-hydrogen) atoms. The van der Waals surface area contributed by atoms with Crippen molar-refractivity contribution in [3.05, 3.63) is 64.9 Å². The molecule has 0 spiro atoms. The molecule has 1 N–H and O–H groups in total. The molecule has 1 saturated carbocycles. The number of carbonyl (C=O) groups is 1. The molecule has 0 radical (unpaired) electrons. The average Bonchev–Trinajstić information content (AvgIpc) is 3.26. The van der Waals surface area contributed by atoms with E-state index in [1.54, 1.807) is 31.3 Å². The zero-order valence-corrected chi connectivity index (χ0v) is 18.6. The van der Waals surface area contributed by atoms with E-state index >= 15 is 0 Å². The van der Waals surface area contributed by atoms with Gasteiger partial charge >= 0.3 is 0 Å². The monoisotopic (exact) mass is 460 g/mol. The van der Waals surface area contributed by atoms with Crippen LogP contribution in [0.1, 0.15) is 35.7 Å². The number of nitrogens with one attached hydrogen (secondary N) is 1. The number of nitrogens with zero attached hydrogens (tertiary/aromatic N) is 3. The van der Waals surface area contributed by atoms with Crippen molar-refractivity contribution in [3.63, 3.8) is 0 Å². The molecule has 2 aromatic heterocycles. The van der Waals surface area contributed by atoms with Gasteiger partial charge in [0.1, 0.15) is 5.15 Å². The number of ether oxygens (including phenoxy) is 1. The number of rotatable bonds is 7. The molecular formula is C21H21ClN4O4S. The Morgan fingerprint density at radius 1 is 1.26 bits per heavy atom. The van der Waals surface area contributed by atoms with Crippen LogP contribution in [-0.4, -0.2) is 35.7 Å². The van der Waals surface area contributed by atoms with Crippen molar-refractivity contribution in [1.29, 1.82) is 0 Å². The Labute approximate surface area is 185 Å². The van der Waals surface area contributed by atoms with Crippen LogP contribution in [-0.2, 0) is 10.0 Å². The molecule has 1 fully saturated rings. The second kappa shape index (κ2) is 7.97. The average molecular weight is 461 g/mol. The molecule has 4 rings (SSSR count). The van der Waals surface area contributed by atoms with Gasteiger partial charge in [0.2, 0.25) is 5.88 Å². The van der Waals surface area contributed by atoms with E-state index in [9.17, 15) is 13.2 Å². The van der Waals surface area contributed by atoms with Crippen molar-refractivity contribution in [2.75, 3.05) is 6.61 Å². The van der Waals surface area contributed by atoms with Gasteiger partial charge in [0.05, 0.1) is 17.1 Å². The molecule has 3 aromatic rings. The molecule has 1 aliphatic carbocycles. The fraction of sp³-hybridized carbons (Fsp3) is 0.286. The lowest BCUT2D eigenvalue weighted by molar-refractivity contribution is 0.0981. The van der Waals surface area contributed by atoms with Crippen LogP contribution in [0.3, 0.4) is 0 Å². The number of carbonyl (C=O) groups excluding carboxylic acids is 1. The summed E-state index contributed by atoms with van der Waals surface area (Å²) in [4.78, 5) is 16.7. The Bertz CT molecular complexity index is 1250. The lowest BCUT2D eigenvalue weighted by atomic mass is 10.2. The third-order valence-electron chi connectivity index (χ3n) is 5.08. The molecule has 0 saturated heterocycles. The van der Waals surface area contributed by atoms with E-state index in [0.29, 0.717) is 18.3 Å². The SMILES string of the molecule is Cc1cccc(S(=O)(=O)NC(=O)c2ccc(-n3ccc(OCC4(C)CC4)n3)nc2Cl)c1. The summed E-state index contributed by atoms with van der Waals surface area (Å²) in [6.45, 7) is 4.53. The van der Waals surface area contributed by atoms with Gasteiger partial charge in [-0.2, -0.15) is 0 Å². The standard InChI is InChI=1S/C21H21ClN4O4S/c1-14-4-3-5-15(12-14)31(28,29)25-20(27)16-6-7-17(23-19(16)22)26-11-8-18(24-26)30-13-21(2)9-10-21/h3-8,11-12H,9-10,13H2,1-2H3,(H,25,27). The summed E-state index contributed by atoms with van der Waals surface area (Å²) in [5, 5.41) is 4.17. The van der Waals surface area contributed by atoms with E-state index in [1.807, 2.05) is 4.72 Å². The van der Waals surface area contributed by atoms with Gasteiger partial charge in [-0.25, -0.2) is 22.8 Å². The summed E-state index contributed by atoms with van der Waals surface area (Å²) in [6.07, 6.45) is 3.97. The zero-order valence-electron chi connectivity index (χ0n) is 17.0. The highest BCUT2D eigenvalue weighted by atomic mass is 35.5. The zero-order chi connectivity index (χ0) is 22.2. The summed E-state index contributed by atoms with van der Waals surface area (Å²) in [5.74, 6) is -0.0274. The first-order valence-electron chi connectivity index (χ1n) is 9.64. The molecule has 1 aliphatic rings. The van der Waals surface area contributed by atoms with Gasteiger partial charge in [-0.1, -0.05) is 30.7 Å². The number of sulfonamides is 1. The van der Waals surface area contributed by atoms with Gasteiger partial charge in [-0.3, -0.25) is 4.79 Å². The molecule has 10 heteroatoms. The summed E-state index contributed by atoms with van der Waals surface area (Å²) < 4.78 is 34.2. The van der Waals surface area contributed by atoms with Crippen LogP contribution in [0.2, 0.25) is 5.15 Å². The molecule has 2 heterocycles. The van der Waals surface area contributed by atoms with Gasteiger partial charge in [-0.15, -0.1) is 5.10 Å². The number of aryl methyl sites for hydroxylation is 1. The molecule has 0 aliphatic heterocycles. The van der Waals surface area contributed by atoms with Crippen LogP contribution < -0.4 is 9.46 Å². The summed E-state index contributed by atoms with van der Waals surface area (Å²) in [5.41, 5.74) is 0.930. The minimum absolute atomic E-state index is 0.00863. The summed E-state index contributed by atoms with van der Waals surface area (Å²) in [6, 6.07) is 10.9. The smallest absolute Gasteiger partial charge is 0.268 e. The Morgan fingerprint density at radius 3 is 2.71 bits per heavy atom. The maximum absolute atomic E-state index is 12.5. The normalized spacial score (nSPS) is 14.8. The van der Waals surface area contributed by atoms with E-state index in [0.717, 1.165) is 18.4 Å². The number of aromatic nitrogens is 3. The number of hydrogen-bond donors (Lipinski definition) is 1. The van der Waals surface area contributed by atoms with Crippen LogP contribution in [0.25, 0.3) is 5.82 Å². The number of benzene rings is 1. The molecule has 0 atom stereocenters. The first-order chi connectivity index (χ1) is 14.7. The quantitative estimate of drug-likeness (QED) is 0.541. The van der Waals surface area contributed by atoms with Crippen molar-refractivity contribution in [3.8, 4) is 11.7 Å². The fourth-order valence-electron chi connectivity index (χ4n) is 2.86. The maximum Gasteiger partial charge on any atom is 0.268 e. The van der Waals surface area contributed by atoms with Gasteiger partial charge in [0, 0.05) is 17.7 Å². The van der Waals surface area contributed by atoms with Crippen LogP contribution in [0, 0.1) is 12.3 Å². The first kappa shape index (κ1) is 21.3. The largest absolute Gasteiger partial charge is 0.476 e. The van der Waals surface area contributed by atoms with Crippen molar-refractivity contribution < 1.29 is 17.9 Å². The minimum atomic E-state index is -4.04. The highest BCUT2D eigenvalue weighted by Gasteiger charge is 2.38. The van der Waals surface area contributed by atoms with Crippen molar-refractivity contribution in [2.45, 2.75) is 31.6 Å². The van der Waals surface area contributed by atoms with E-state index in [-0.39, 0.29) is 21.0 Å². The number of pyridine rings is 1. The van der Waals surface area contributed by atoms with E-state index in [1.165, 1.54) is 28.9 Å². The highest BCUT2D eigenvalue weighted by molar-refractivity contribution is 7.90. The Morgan fingerprint density at radius 2 is 2.03 bits per heavy atom. The number of hydrogen-bond acceptors (Lipinski definition) is 6. The van der Waals surface area contributed by atoms with Crippen molar-refractivity contribution in [1.82, 2.24) is 19.5 Å². The van der Waals surface area contributed by atoms with Crippen LogP contribution in [0.5, 0.6) is 5.88 Å². The fourth-order valence-corrected chi connectivity index (χ4v) is 4.16. The van der Waals surface area contributed by atoms with E-state index < -0.39 is 15.9 Å². The van der Waals surface area contributed by atoms with Crippen LogP contribution in [0.15, 0.2) is 53.6 Å². The summed E-state index contributed by atoms with van der Waals surface area (Å²) >= 11 is 6.17. The molecule has 8 nitrogen and oxygen atoms in total. The van der Waals surface area contributed by atoms with Crippen LogP contribution in [0.4, 0.5) is 0 Å². The van der Waals surface area contributed by atoms with E-state index in [4.69, 9.17) is 16.3 Å².